The summed E-state index contributed by atoms with van der Waals surface area (Å²) in [7, 11) is 0. The quantitative estimate of drug-likeness (QED) is 0.871. The Morgan fingerprint density at radius 2 is 2.42 bits per heavy atom. The van der Waals surface area contributed by atoms with Crippen LogP contribution < -0.4 is 15.4 Å². The number of hydrogen-bond acceptors (Lipinski definition) is 3. The fourth-order valence-corrected chi connectivity index (χ4v) is 2.80. The Hall–Kier alpha value is -1.55. The third-order valence-corrected chi connectivity index (χ3v) is 3.86. The molecule has 1 unspecified atom stereocenters. The van der Waals surface area contributed by atoms with Gasteiger partial charge in [0.2, 0.25) is 5.91 Å². The molecule has 0 bridgehead atoms. The number of amides is 1. The zero-order valence-electron chi connectivity index (χ0n) is 11.1. The van der Waals surface area contributed by atoms with Gasteiger partial charge in [-0.25, -0.2) is 0 Å². The van der Waals surface area contributed by atoms with E-state index in [9.17, 15) is 4.79 Å². The average molecular weight is 260 g/mol. The Morgan fingerprint density at radius 1 is 1.47 bits per heavy atom. The van der Waals surface area contributed by atoms with E-state index in [2.05, 4.69) is 10.6 Å². The molecule has 1 aromatic rings. The van der Waals surface area contributed by atoms with Gasteiger partial charge < -0.3 is 15.4 Å². The second-order valence-corrected chi connectivity index (χ2v) is 5.30. The van der Waals surface area contributed by atoms with Gasteiger partial charge in [0.05, 0.1) is 6.61 Å². The van der Waals surface area contributed by atoms with Gasteiger partial charge in [-0.15, -0.1) is 0 Å². The van der Waals surface area contributed by atoms with E-state index in [0.29, 0.717) is 12.5 Å². The lowest BCUT2D eigenvalue weighted by molar-refractivity contribution is -0.116. The predicted molar refractivity (Wildman–Crippen MR) is 74.5 cm³/mol. The molecule has 102 valence electrons. The number of fused-ring (bicyclic) bond motifs is 1. The van der Waals surface area contributed by atoms with Crippen LogP contribution in [0.4, 0.5) is 5.69 Å². The van der Waals surface area contributed by atoms with Crippen LogP contribution in [-0.4, -0.2) is 25.1 Å². The van der Waals surface area contributed by atoms with E-state index in [4.69, 9.17) is 4.74 Å². The van der Waals surface area contributed by atoms with E-state index in [0.717, 1.165) is 37.4 Å². The zero-order chi connectivity index (χ0) is 13.1. The summed E-state index contributed by atoms with van der Waals surface area (Å²) in [6.45, 7) is 1.84. The lowest BCUT2D eigenvalue weighted by Gasteiger charge is -2.10. The molecule has 0 saturated carbocycles. The number of benzene rings is 1. The first-order valence-electron chi connectivity index (χ1n) is 7.10. The van der Waals surface area contributed by atoms with Crippen LogP contribution in [0, 0.1) is 0 Å². The first-order valence-corrected chi connectivity index (χ1v) is 7.10. The Labute approximate surface area is 113 Å². The first-order chi connectivity index (χ1) is 9.31. The topological polar surface area (TPSA) is 50.4 Å². The standard InChI is InChI=1S/C15H20N2O2/c18-15(6-4-12-2-1-8-16-12)17-13-3-5-14-11(10-13)7-9-19-14/h3,5,10,12,16H,1-2,4,6-9H2,(H,17,18). The molecule has 1 aromatic carbocycles. The summed E-state index contributed by atoms with van der Waals surface area (Å²) in [5.74, 6) is 1.06. The van der Waals surface area contributed by atoms with Gasteiger partial charge >= 0.3 is 0 Å². The maximum Gasteiger partial charge on any atom is 0.224 e. The third-order valence-electron chi connectivity index (χ3n) is 3.86. The molecule has 0 aliphatic carbocycles. The van der Waals surface area contributed by atoms with Crippen LogP contribution in [-0.2, 0) is 11.2 Å². The van der Waals surface area contributed by atoms with Crippen LogP contribution in [0.15, 0.2) is 18.2 Å². The van der Waals surface area contributed by atoms with E-state index in [-0.39, 0.29) is 5.91 Å². The van der Waals surface area contributed by atoms with Gasteiger partial charge in [-0.05, 0) is 49.6 Å². The van der Waals surface area contributed by atoms with Crippen molar-refractivity contribution < 1.29 is 9.53 Å². The van der Waals surface area contributed by atoms with Crippen molar-refractivity contribution >= 4 is 11.6 Å². The highest BCUT2D eigenvalue weighted by molar-refractivity contribution is 5.90. The van der Waals surface area contributed by atoms with Crippen LogP contribution in [0.25, 0.3) is 0 Å². The Kier molecular flexibility index (Phi) is 3.69. The Morgan fingerprint density at radius 3 is 3.26 bits per heavy atom. The summed E-state index contributed by atoms with van der Waals surface area (Å²) >= 11 is 0. The van der Waals surface area contributed by atoms with Crippen molar-refractivity contribution in [1.29, 1.82) is 0 Å². The molecule has 2 aliphatic heterocycles. The molecule has 3 rings (SSSR count). The van der Waals surface area contributed by atoms with Crippen LogP contribution in [0.1, 0.15) is 31.2 Å². The zero-order valence-corrected chi connectivity index (χ0v) is 11.1. The van der Waals surface area contributed by atoms with Gasteiger partial charge in [-0.2, -0.15) is 0 Å². The lowest BCUT2D eigenvalue weighted by Crippen LogP contribution is -2.23. The normalized spacial score (nSPS) is 20.9. The second-order valence-electron chi connectivity index (χ2n) is 5.30. The fraction of sp³-hybridized carbons (Fsp3) is 0.533. The lowest BCUT2D eigenvalue weighted by atomic mass is 10.1. The number of hydrogen-bond donors (Lipinski definition) is 2. The molecule has 1 saturated heterocycles. The summed E-state index contributed by atoms with van der Waals surface area (Å²) in [6.07, 6.45) is 4.89. The van der Waals surface area contributed by atoms with E-state index in [1.165, 1.54) is 18.4 Å². The Bertz CT molecular complexity index is 467. The molecule has 4 nitrogen and oxygen atoms in total. The van der Waals surface area contributed by atoms with Crippen LogP contribution in [0.2, 0.25) is 0 Å². The molecule has 2 N–H and O–H groups in total. The van der Waals surface area contributed by atoms with Crippen LogP contribution in [0.3, 0.4) is 0 Å². The molecule has 0 spiro atoms. The summed E-state index contributed by atoms with van der Waals surface area (Å²) in [6, 6.07) is 6.40. The van der Waals surface area contributed by atoms with Gasteiger partial charge in [0.1, 0.15) is 5.75 Å². The largest absolute Gasteiger partial charge is 0.493 e. The van der Waals surface area contributed by atoms with Crippen molar-refractivity contribution in [3.8, 4) is 5.75 Å². The minimum atomic E-state index is 0.104. The first kappa shape index (κ1) is 12.5. The highest BCUT2D eigenvalue weighted by Crippen LogP contribution is 2.27. The fourth-order valence-electron chi connectivity index (χ4n) is 2.80. The van der Waals surface area contributed by atoms with E-state index in [1.54, 1.807) is 0 Å². The molecule has 0 aromatic heterocycles. The van der Waals surface area contributed by atoms with Crippen molar-refractivity contribution in [3.05, 3.63) is 23.8 Å². The van der Waals surface area contributed by atoms with Crippen molar-refractivity contribution in [2.45, 2.75) is 38.1 Å². The van der Waals surface area contributed by atoms with Gasteiger partial charge in [-0.3, -0.25) is 4.79 Å². The van der Waals surface area contributed by atoms with E-state index < -0.39 is 0 Å². The number of nitrogens with one attached hydrogen (secondary N) is 2. The van der Waals surface area contributed by atoms with Crippen molar-refractivity contribution in [1.82, 2.24) is 5.32 Å². The number of ether oxygens (including phenoxy) is 1. The van der Waals surface area contributed by atoms with E-state index >= 15 is 0 Å². The molecular formula is C15H20N2O2. The van der Waals surface area contributed by atoms with Crippen molar-refractivity contribution in [2.24, 2.45) is 0 Å². The second kappa shape index (κ2) is 5.61. The van der Waals surface area contributed by atoms with Gasteiger partial charge in [-0.1, -0.05) is 0 Å². The molecule has 1 amide bonds. The molecule has 2 aliphatic rings. The number of rotatable bonds is 4. The van der Waals surface area contributed by atoms with Gasteiger partial charge in [0, 0.05) is 24.6 Å². The monoisotopic (exact) mass is 260 g/mol. The molecule has 19 heavy (non-hydrogen) atoms. The molecule has 4 heteroatoms. The highest BCUT2D eigenvalue weighted by atomic mass is 16.5. The van der Waals surface area contributed by atoms with Gasteiger partial charge in [0.15, 0.2) is 0 Å². The SMILES string of the molecule is O=C(CCC1CCCN1)Nc1ccc2c(c1)CCO2. The minimum Gasteiger partial charge on any atom is -0.493 e. The molecule has 1 fully saturated rings. The number of anilines is 1. The van der Waals surface area contributed by atoms with Crippen molar-refractivity contribution in [2.75, 3.05) is 18.5 Å². The predicted octanol–water partition coefficient (Wildman–Crippen LogP) is 2.09. The number of carbonyl (C=O) groups excluding carboxylic acids is 1. The smallest absolute Gasteiger partial charge is 0.224 e. The minimum absolute atomic E-state index is 0.104. The average Bonchev–Trinajstić information content (AvgIpc) is 3.07. The van der Waals surface area contributed by atoms with Crippen LogP contribution >= 0.6 is 0 Å². The maximum absolute atomic E-state index is 11.9. The van der Waals surface area contributed by atoms with Crippen LogP contribution in [0.5, 0.6) is 5.75 Å². The molecule has 2 heterocycles. The van der Waals surface area contributed by atoms with E-state index in [1.807, 2.05) is 18.2 Å². The third kappa shape index (κ3) is 3.07. The number of carbonyl (C=O) groups is 1. The van der Waals surface area contributed by atoms with Crippen molar-refractivity contribution in [3.63, 3.8) is 0 Å². The summed E-state index contributed by atoms with van der Waals surface area (Å²) in [4.78, 5) is 11.9. The highest BCUT2D eigenvalue weighted by Gasteiger charge is 2.16. The molecule has 1 atom stereocenters. The molecule has 0 radical (unpaired) electrons. The summed E-state index contributed by atoms with van der Waals surface area (Å²) in [5.41, 5.74) is 2.07. The van der Waals surface area contributed by atoms with Gasteiger partial charge in [0.25, 0.3) is 0 Å². The molecular weight excluding hydrogens is 240 g/mol. The maximum atomic E-state index is 11.9. The Balaban J connectivity index is 1.51. The summed E-state index contributed by atoms with van der Waals surface area (Å²) < 4.78 is 5.45. The summed E-state index contributed by atoms with van der Waals surface area (Å²) in [5, 5.41) is 6.39.